The zero-order chi connectivity index (χ0) is 13.2. The highest BCUT2D eigenvalue weighted by atomic mass is 32.1. The minimum atomic E-state index is -0.137. The maximum atomic E-state index is 13.3. The van der Waals surface area contributed by atoms with Crippen LogP contribution in [0.5, 0.6) is 0 Å². The molecule has 1 aliphatic rings. The van der Waals surface area contributed by atoms with E-state index >= 15 is 0 Å². The molecule has 0 spiro atoms. The number of halogens is 1. The molecule has 0 aliphatic heterocycles. The first-order valence-electron chi connectivity index (χ1n) is 7.20. The quantitative estimate of drug-likeness (QED) is 0.839. The Hall–Kier alpha value is -0.930. The Morgan fingerprint density at radius 3 is 2.84 bits per heavy atom. The van der Waals surface area contributed by atoms with Crippen molar-refractivity contribution in [3.05, 3.63) is 35.0 Å². The molecule has 102 valence electrons. The molecule has 1 unspecified atom stereocenters. The standard InChI is InChI=1S/C16H20FNS/c1-2-18-16(11-5-3-4-6-11)15-9-12-7-8-13(17)10-14(12)19-15/h7-11,16,18H,2-6H2,1H3. The van der Waals surface area contributed by atoms with Crippen LogP contribution in [0.3, 0.4) is 0 Å². The van der Waals surface area contributed by atoms with Gasteiger partial charge in [-0.05, 0) is 48.9 Å². The second kappa shape index (κ2) is 5.59. The predicted molar refractivity (Wildman–Crippen MR) is 80.2 cm³/mol. The lowest BCUT2D eigenvalue weighted by Gasteiger charge is -2.23. The Balaban J connectivity index is 1.94. The fourth-order valence-corrected chi connectivity index (χ4v) is 4.45. The van der Waals surface area contributed by atoms with Crippen molar-refractivity contribution in [3.8, 4) is 0 Å². The molecule has 0 bridgehead atoms. The summed E-state index contributed by atoms with van der Waals surface area (Å²) in [5.74, 6) is 0.611. The number of nitrogens with one attached hydrogen (secondary N) is 1. The van der Waals surface area contributed by atoms with Crippen molar-refractivity contribution in [3.63, 3.8) is 0 Å². The maximum absolute atomic E-state index is 13.3. The highest BCUT2D eigenvalue weighted by molar-refractivity contribution is 7.19. The molecule has 1 aromatic carbocycles. The summed E-state index contributed by atoms with van der Waals surface area (Å²) in [7, 11) is 0. The normalized spacial score (nSPS) is 18.2. The third-order valence-electron chi connectivity index (χ3n) is 4.10. The van der Waals surface area contributed by atoms with E-state index in [2.05, 4.69) is 18.3 Å². The van der Waals surface area contributed by atoms with Crippen LogP contribution in [0.15, 0.2) is 24.3 Å². The van der Waals surface area contributed by atoms with E-state index in [-0.39, 0.29) is 5.82 Å². The molecule has 2 aromatic rings. The second-order valence-electron chi connectivity index (χ2n) is 5.41. The fraction of sp³-hybridized carbons (Fsp3) is 0.500. The third kappa shape index (κ3) is 2.67. The van der Waals surface area contributed by atoms with Gasteiger partial charge in [-0.25, -0.2) is 4.39 Å². The van der Waals surface area contributed by atoms with Gasteiger partial charge in [-0.2, -0.15) is 0 Å². The van der Waals surface area contributed by atoms with Crippen LogP contribution in [-0.2, 0) is 0 Å². The molecule has 1 saturated carbocycles. The molecule has 1 heterocycles. The summed E-state index contributed by atoms with van der Waals surface area (Å²) in [6.07, 6.45) is 5.35. The van der Waals surface area contributed by atoms with Gasteiger partial charge in [-0.1, -0.05) is 25.8 Å². The summed E-state index contributed by atoms with van der Waals surface area (Å²) < 4.78 is 14.4. The van der Waals surface area contributed by atoms with Gasteiger partial charge in [-0.15, -0.1) is 11.3 Å². The van der Waals surface area contributed by atoms with Crippen molar-refractivity contribution in [2.24, 2.45) is 5.92 Å². The van der Waals surface area contributed by atoms with E-state index < -0.39 is 0 Å². The summed E-state index contributed by atoms with van der Waals surface area (Å²) in [5.41, 5.74) is 0. The van der Waals surface area contributed by atoms with Crippen LogP contribution in [0.4, 0.5) is 4.39 Å². The number of hydrogen-bond acceptors (Lipinski definition) is 2. The van der Waals surface area contributed by atoms with Crippen molar-refractivity contribution in [2.75, 3.05) is 6.54 Å². The van der Waals surface area contributed by atoms with E-state index in [1.807, 2.05) is 6.07 Å². The summed E-state index contributed by atoms with van der Waals surface area (Å²) in [6.45, 7) is 3.15. The largest absolute Gasteiger partial charge is 0.309 e. The van der Waals surface area contributed by atoms with Crippen LogP contribution < -0.4 is 5.32 Å². The third-order valence-corrected chi connectivity index (χ3v) is 5.28. The van der Waals surface area contributed by atoms with E-state index in [9.17, 15) is 4.39 Å². The van der Waals surface area contributed by atoms with Gasteiger partial charge in [0.1, 0.15) is 5.82 Å². The molecule has 1 N–H and O–H groups in total. The predicted octanol–water partition coefficient (Wildman–Crippen LogP) is 4.88. The second-order valence-corrected chi connectivity index (χ2v) is 6.53. The zero-order valence-electron chi connectivity index (χ0n) is 11.3. The van der Waals surface area contributed by atoms with Crippen LogP contribution in [0, 0.1) is 11.7 Å². The first-order valence-corrected chi connectivity index (χ1v) is 8.02. The van der Waals surface area contributed by atoms with Crippen molar-refractivity contribution in [2.45, 2.75) is 38.6 Å². The van der Waals surface area contributed by atoms with E-state index in [1.54, 1.807) is 23.5 Å². The summed E-state index contributed by atoms with van der Waals surface area (Å²) in [6, 6.07) is 7.79. The highest BCUT2D eigenvalue weighted by Gasteiger charge is 2.26. The highest BCUT2D eigenvalue weighted by Crippen LogP contribution is 2.40. The van der Waals surface area contributed by atoms with Gasteiger partial charge >= 0.3 is 0 Å². The summed E-state index contributed by atoms with van der Waals surface area (Å²) in [5, 5.41) is 4.80. The number of benzene rings is 1. The molecular weight excluding hydrogens is 257 g/mol. The van der Waals surface area contributed by atoms with Crippen LogP contribution in [0.2, 0.25) is 0 Å². The van der Waals surface area contributed by atoms with Gasteiger partial charge < -0.3 is 5.32 Å². The average molecular weight is 277 g/mol. The van der Waals surface area contributed by atoms with Gasteiger partial charge in [0, 0.05) is 15.6 Å². The van der Waals surface area contributed by atoms with E-state index in [0.29, 0.717) is 6.04 Å². The Bertz CT molecular complexity index is 557. The van der Waals surface area contributed by atoms with E-state index in [4.69, 9.17) is 0 Å². The van der Waals surface area contributed by atoms with Crippen LogP contribution >= 0.6 is 11.3 Å². The maximum Gasteiger partial charge on any atom is 0.124 e. The Kier molecular flexibility index (Phi) is 3.85. The first-order chi connectivity index (χ1) is 9.28. The molecule has 3 heteroatoms. The fourth-order valence-electron chi connectivity index (χ4n) is 3.19. The Morgan fingerprint density at radius 2 is 2.11 bits per heavy atom. The molecule has 1 aliphatic carbocycles. The van der Waals surface area contributed by atoms with Gasteiger partial charge in [0.2, 0.25) is 0 Å². The van der Waals surface area contributed by atoms with Crippen molar-refractivity contribution >= 4 is 21.4 Å². The van der Waals surface area contributed by atoms with E-state index in [0.717, 1.165) is 17.2 Å². The van der Waals surface area contributed by atoms with Crippen LogP contribution in [0.1, 0.15) is 43.5 Å². The number of rotatable bonds is 4. The Labute approximate surface area is 117 Å². The molecule has 1 nitrogen and oxygen atoms in total. The van der Waals surface area contributed by atoms with Crippen LogP contribution in [0.25, 0.3) is 10.1 Å². The molecule has 1 aromatic heterocycles. The number of thiophene rings is 1. The smallest absolute Gasteiger partial charge is 0.124 e. The van der Waals surface area contributed by atoms with Crippen molar-refractivity contribution < 1.29 is 4.39 Å². The summed E-state index contributed by atoms with van der Waals surface area (Å²) in [4.78, 5) is 1.37. The SMILES string of the molecule is CCNC(c1cc2ccc(F)cc2s1)C1CCCC1. The van der Waals surface area contributed by atoms with Crippen molar-refractivity contribution in [1.82, 2.24) is 5.32 Å². The lowest BCUT2D eigenvalue weighted by molar-refractivity contribution is 0.380. The Morgan fingerprint density at radius 1 is 1.32 bits per heavy atom. The minimum absolute atomic E-state index is 0.137. The molecular formula is C16H20FNS. The monoisotopic (exact) mass is 277 g/mol. The lowest BCUT2D eigenvalue weighted by Crippen LogP contribution is -2.26. The van der Waals surface area contributed by atoms with Gasteiger partial charge in [-0.3, -0.25) is 0 Å². The van der Waals surface area contributed by atoms with Gasteiger partial charge in [0.25, 0.3) is 0 Å². The topological polar surface area (TPSA) is 12.0 Å². The van der Waals surface area contributed by atoms with Crippen LogP contribution in [-0.4, -0.2) is 6.54 Å². The molecule has 0 radical (unpaired) electrons. The van der Waals surface area contributed by atoms with E-state index in [1.165, 1.54) is 35.9 Å². The first kappa shape index (κ1) is 13.1. The number of fused-ring (bicyclic) bond motifs is 1. The van der Waals surface area contributed by atoms with Crippen molar-refractivity contribution in [1.29, 1.82) is 0 Å². The zero-order valence-corrected chi connectivity index (χ0v) is 12.1. The molecule has 19 heavy (non-hydrogen) atoms. The molecule has 0 amide bonds. The molecule has 1 atom stereocenters. The lowest BCUT2D eigenvalue weighted by atomic mass is 9.96. The molecule has 3 rings (SSSR count). The minimum Gasteiger partial charge on any atom is -0.309 e. The molecule has 1 fully saturated rings. The van der Waals surface area contributed by atoms with Gasteiger partial charge in [0.15, 0.2) is 0 Å². The van der Waals surface area contributed by atoms with Gasteiger partial charge in [0.05, 0.1) is 0 Å². The number of hydrogen-bond donors (Lipinski definition) is 1. The average Bonchev–Trinajstić information content (AvgIpc) is 3.04. The summed E-state index contributed by atoms with van der Waals surface area (Å²) >= 11 is 1.74. The molecule has 0 saturated heterocycles.